The van der Waals surface area contributed by atoms with Crippen LogP contribution in [0.1, 0.15) is 52.5 Å². The van der Waals surface area contributed by atoms with Gasteiger partial charge in [0.25, 0.3) is 5.91 Å². The van der Waals surface area contributed by atoms with E-state index in [9.17, 15) is 14.7 Å². The van der Waals surface area contributed by atoms with E-state index in [4.69, 9.17) is 11.6 Å². The number of imidazole rings is 1. The number of amides is 1. The number of aromatic nitrogens is 2. The minimum Gasteiger partial charge on any atom is -0.478 e. The van der Waals surface area contributed by atoms with Gasteiger partial charge in [-0.15, -0.1) is 11.3 Å². The maximum atomic E-state index is 13.4. The number of carbonyl (C=O) groups is 2. The highest BCUT2D eigenvalue weighted by molar-refractivity contribution is 7.19. The number of likely N-dealkylation sites (tertiary alicyclic amines) is 1. The molecule has 1 amide bonds. The molecule has 0 aliphatic carbocycles. The average Bonchev–Trinajstić information content (AvgIpc) is 3.40. The van der Waals surface area contributed by atoms with Gasteiger partial charge in [0.1, 0.15) is 5.52 Å². The number of carboxylic acid groups (broad SMARTS) is 1. The first-order chi connectivity index (χ1) is 16.8. The Balaban J connectivity index is 1.49. The van der Waals surface area contributed by atoms with Gasteiger partial charge in [0, 0.05) is 39.8 Å². The second-order valence-electron chi connectivity index (χ2n) is 9.27. The lowest BCUT2D eigenvalue weighted by atomic mass is 10.0. The number of thiophene rings is 1. The summed E-state index contributed by atoms with van der Waals surface area (Å²) in [6.07, 6.45) is 1.75. The molecular formula is C26H27ClN4O3S. The van der Waals surface area contributed by atoms with Gasteiger partial charge in [-0.1, -0.05) is 17.7 Å². The molecule has 2 aromatic heterocycles. The van der Waals surface area contributed by atoms with Crippen molar-refractivity contribution in [2.24, 2.45) is 0 Å². The maximum absolute atomic E-state index is 13.4. The molecule has 2 aromatic carbocycles. The predicted octanol–water partition coefficient (Wildman–Crippen LogP) is 5.25. The van der Waals surface area contributed by atoms with E-state index in [0.29, 0.717) is 28.6 Å². The minimum absolute atomic E-state index is 0.0659. The zero-order chi connectivity index (χ0) is 24.7. The minimum atomic E-state index is -1.07. The first kappa shape index (κ1) is 23.8. The third-order valence-electron chi connectivity index (χ3n) is 6.65. The zero-order valence-corrected chi connectivity index (χ0v) is 21.2. The summed E-state index contributed by atoms with van der Waals surface area (Å²) >= 11 is 7.78. The SMILES string of the molecule is CC(C)N1CCC(NC(=O)c2nc3c(C(=O)O)cccc3n2Cc2cc3cc(Cl)ccc3s2)CC1. The van der Waals surface area contributed by atoms with Gasteiger partial charge in [-0.2, -0.15) is 0 Å². The molecule has 0 saturated carbocycles. The summed E-state index contributed by atoms with van der Waals surface area (Å²) in [7, 11) is 0. The van der Waals surface area contributed by atoms with Gasteiger partial charge in [0.2, 0.25) is 0 Å². The van der Waals surface area contributed by atoms with Crippen LogP contribution in [-0.4, -0.2) is 56.6 Å². The molecule has 182 valence electrons. The van der Waals surface area contributed by atoms with Crippen LogP contribution in [0.5, 0.6) is 0 Å². The highest BCUT2D eigenvalue weighted by Gasteiger charge is 2.26. The number of piperidine rings is 1. The van der Waals surface area contributed by atoms with Crippen molar-refractivity contribution in [3.05, 3.63) is 63.8 Å². The molecule has 3 heterocycles. The van der Waals surface area contributed by atoms with E-state index in [1.807, 2.05) is 28.8 Å². The van der Waals surface area contributed by atoms with Crippen LogP contribution in [0, 0.1) is 0 Å². The van der Waals surface area contributed by atoms with E-state index in [1.165, 1.54) is 6.07 Å². The molecule has 9 heteroatoms. The molecular weight excluding hydrogens is 484 g/mol. The summed E-state index contributed by atoms with van der Waals surface area (Å²) < 4.78 is 2.93. The van der Waals surface area contributed by atoms with Crippen molar-refractivity contribution in [1.29, 1.82) is 0 Å². The number of fused-ring (bicyclic) bond motifs is 2. The number of benzene rings is 2. The monoisotopic (exact) mass is 510 g/mol. The zero-order valence-electron chi connectivity index (χ0n) is 19.6. The Morgan fingerprint density at radius 1 is 1.20 bits per heavy atom. The topological polar surface area (TPSA) is 87.5 Å². The Kier molecular flexibility index (Phi) is 6.53. The van der Waals surface area contributed by atoms with Crippen LogP contribution in [-0.2, 0) is 6.54 Å². The molecule has 0 bridgehead atoms. The van der Waals surface area contributed by atoms with Crippen molar-refractivity contribution in [1.82, 2.24) is 19.8 Å². The molecule has 7 nitrogen and oxygen atoms in total. The van der Waals surface area contributed by atoms with Crippen molar-refractivity contribution < 1.29 is 14.7 Å². The number of carbonyl (C=O) groups excluding carboxylic acids is 1. The van der Waals surface area contributed by atoms with Crippen molar-refractivity contribution >= 4 is 55.9 Å². The maximum Gasteiger partial charge on any atom is 0.337 e. The standard InChI is InChI=1S/C26H27ClN4O3S/c1-15(2)30-10-8-18(9-11-30)28-25(32)24-29-23-20(26(33)34)4-3-5-21(23)31(24)14-19-13-16-12-17(27)6-7-22(16)35-19/h3-7,12-13,15,18H,8-11,14H2,1-2H3,(H,28,32)(H,33,34). The molecule has 1 aliphatic heterocycles. The third-order valence-corrected chi connectivity index (χ3v) is 7.99. The van der Waals surface area contributed by atoms with E-state index < -0.39 is 5.97 Å². The Bertz CT molecular complexity index is 1420. The van der Waals surface area contributed by atoms with Crippen LogP contribution < -0.4 is 5.32 Å². The smallest absolute Gasteiger partial charge is 0.337 e. The number of carboxylic acids is 1. The summed E-state index contributed by atoms with van der Waals surface area (Å²) in [6, 6.07) is 13.4. The van der Waals surface area contributed by atoms with Gasteiger partial charge in [0.05, 0.1) is 17.6 Å². The Labute approximate surface area is 212 Å². The Hall–Kier alpha value is -2.94. The molecule has 2 N–H and O–H groups in total. The van der Waals surface area contributed by atoms with Gasteiger partial charge in [0.15, 0.2) is 5.82 Å². The van der Waals surface area contributed by atoms with Crippen molar-refractivity contribution in [2.45, 2.75) is 45.3 Å². The fourth-order valence-corrected chi connectivity index (χ4v) is 5.98. The second kappa shape index (κ2) is 9.60. The highest BCUT2D eigenvalue weighted by Crippen LogP contribution is 2.30. The van der Waals surface area contributed by atoms with Crippen LogP contribution in [0.3, 0.4) is 0 Å². The fourth-order valence-electron chi connectivity index (χ4n) is 4.77. The Morgan fingerprint density at radius 3 is 2.69 bits per heavy atom. The van der Waals surface area contributed by atoms with Crippen LogP contribution in [0.15, 0.2) is 42.5 Å². The van der Waals surface area contributed by atoms with Gasteiger partial charge < -0.3 is 19.9 Å². The number of rotatable bonds is 6. The fraction of sp³-hybridized carbons (Fsp3) is 0.346. The highest BCUT2D eigenvalue weighted by atomic mass is 35.5. The van der Waals surface area contributed by atoms with Crippen molar-refractivity contribution in [3.8, 4) is 0 Å². The third kappa shape index (κ3) is 4.78. The first-order valence-electron chi connectivity index (χ1n) is 11.8. The molecule has 35 heavy (non-hydrogen) atoms. The summed E-state index contributed by atoms with van der Waals surface area (Å²) in [6.45, 7) is 6.65. The number of para-hydroxylation sites is 1. The second-order valence-corrected chi connectivity index (χ2v) is 10.9. The quantitative estimate of drug-likeness (QED) is 0.370. The molecule has 1 saturated heterocycles. The molecule has 0 atom stereocenters. The van der Waals surface area contributed by atoms with E-state index in [2.05, 4.69) is 35.1 Å². The number of aromatic carboxylic acids is 1. The lowest BCUT2D eigenvalue weighted by Crippen LogP contribution is -2.47. The van der Waals surface area contributed by atoms with E-state index in [-0.39, 0.29) is 23.3 Å². The largest absolute Gasteiger partial charge is 0.478 e. The van der Waals surface area contributed by atoms with Crippen LogP contribution in [0.25, 0.3) is 21.1 Å². The molecule has 1 fully saturated rings. The van der Waals surface area contributed by atoms with E-state index >= 15 is 0 Å². The average molecular weight is 511 g/mol. The number of nitrogens with zero attached hydrogens (tertiary/aromatic N) is 3. The summed E-state index contributed by atoms with van der Waals surface area (Å²) in [5, 5.41) is 14.6. The molecule has 0 spiro atoms. The van der Waals surface area contributed by atoms with Gasteiger partial charge in [-0.05, 0) is 68.5 Å². The van der Waals surface area contributed by atoms with Crippen LogP contribution >= 0.6 is 22.9 Å². The van der Waals surface area contributed by atoms with E-state index in [1.54, 1.807) is 17.4 Å². The van der Waals surface area contributed by atoms with Gasteiger partial charge in [-0.25, -0.2) is 9.78 Å². The van der Waals surface area contributed by atoms with Crippen molar-refractivity contribution in [3.63, 3.8) is 0 Å². The lowest BCUT2D eigenvalue weighted by molar-refractivity contribution is 0.0698. The van der Waals surface area contributed by atoms with Gasteiger partial charge in [-0.3, -0.25) is 4.79 Å². The van der Waals surface area contributed by atoms with Crippen LogP contribution in [0.2, 0.25) is 5.02 Å². The number of hydrogen-bond donors (Lipinski definition) is 2. The van der Waals surface area contributed by atoms with Gasteiger partial charge >= 0.3 is 5.97 Å². The summed E-state index contributed by atoms with van der Waals surface area (Å²) in [5.41, 5.74) is 1.03. The Morgan fingerprint density at radius 2 is 1.97 bits per heavy atom. The normalized spacial score (nSPS) is 15.3. The van der Waals surface area contributed by atoms with Crippen molar-refractivity contribution in [2.75, 3.05) is 13.1 Å². The number of nitrogens with one attached hydrogen (secondary N) is 1. The predicted molar refractivity (Wildman–Crippen MR) is 140 cm³/mol. The van der Waals surface area contributed by atoms with E-state index in [0.717, 1.165) is 40.9 Å². The lowest BCUT2D eigenvalue weighted by Gasteiger charge is -2.34. The molecule has 5 rings (SSSR count). The molecule has 0 radical (unpaired) electrons. The molecule has 4 aromatic rings. The summed E-state index contributed by atoms with van der Waals surface area (Å²) in [4.78, 5) is 33.3. The first-order valence-corrected chi connectivity index (χ1v) is 12.9. The summed E-state index contributed by atoms with van der Waals surface area (Å²) in [5.74, 6) is -1.11. The number of halogens is 1. The molecule has 1 aliphatic rings. The van der Waals surface area contributed by atoms with Crippen LogP contribution in [0.4, 0.5) is 0 Å². The molecule has 0 unspecified atom stereocenters. The number of hydrogen-bond acceptors (Lipinski definition) is 5.